The van der Waals surface area contributed by atoms with E-state index >= 15 is 0 Å². The lowest BCUT2D eigenvalue weighted by Gasteiger charge is -2.07. The number of hydrogen-bond donors (Lipinski definition) is 1. The minimum Gasteiger partial charge on any atom is -0.507 e. The van der Waals surface area contributed by atoms with Crippen LogP contribution < -0.4 is 0 Å². The van der Waals surface area contributed by atoms with Gasteiger partial charge in [0.15, 0.2) is 5.78 Å². The van der Waals surface area contributed by atoms with Gasteiger partial charge in [-0.15, -0.1) is 0 Å². The summed E-state index contributed by atoms with van der Waals surface area (Å²) in [5.74, 6) is 0.456. The molecule has 0 saturated heterocycles. The number of carbonyl (C=O) groups is 1. The second-order valence-electron chi connectivity index (χ2n) is 5.94. The largest absolute Gasteiger partial charge is 0.507 e. The minimum atomic E-state index is 0.155. The Hall–Kier alpha value is -2.35. The molecular weight excluding hydrogens is 320 g/mol. The molecule has 0 saturated carbocycles. The van der Waals surface area contributed by atoms with Crippen molar-refractivity contribution in [3.63, 3.8) is 0 Å². The molecule has 0 bridgehead atoms. The molecule has 0 aliphatic rings. The van der Waals surface area contributed by atoms with E-state index in [9.17, 15) is 9.90 Å². The summed E-state index contributed by atoms with van der Waals surface area (Å²) in [5.41, 5.74) is 5.25. The van der Waals surface area contributed by atoms with Gasteiger partial charge in [0.25, 0.3) is 0 Å². The Kier molecular flexibility index (Phi) is 11.8. The molecule has 0 fully saturated rings. The highest BCUT2D eigenvalue weighted by Gasteiger charge is 2.04. The summed E-state index contributed by atoms with van der Waals surface area (Å²) in [6, 6.07) is 13.2. The van der Waals surface area contributed by atoms with Crippen molar-refractivity contribution in [3.8, 4) is 5.75 Å². The van der Waals surface area contributed by atoms with Gasteiger partial charge in [0.1, 0.15) is 5.75 Å². The Balaban J connectivity index is 0.000000458. The maximum absolute atomic E-state index is 11.2. The van der Waals surface area contributed by atoms with E-state index in [1.165, 1.54) is 11.1 Å². The Morgan fingerprint density at radius 3 is 2.04 bits per heavy atom. The van der Waals surface area contributed by atoms with E-state index in [0.29, 0.717) is 5.75 Å². The second-order valence-corrected chi connectivity index (χ2v) is 5.94. The predicted octanol–water partition coefficient (Wildman–Crippen LogP) is 6.86. The second kappa shape index (κ2) is 12.9. The minimum absolute atomic E-state index is 0.155. The smallest absolute Gasteiger partial charge is 0.159 e. The summed E-state index contributed by atoms with van der Waals surface area (Å²) in [4.78, 5) is 11.2. The van der Waals surface area contributed by atoms with Crippen molar-refractivity contribution >= 4 is 11.4 Å². The van der Waals surface area contributed by atoms with Crippen molar-refractivity contribution in [3.05, 3.63) is 71.3 Å². The number of rotatable bonds is 5. The van der Waals surface area contributed by atoms with E-state index in [1.807, 2.05) is 45.0 Å². The van der Waals surface area contributed by atoms with E-state index in [-0.39, 0.29) is 5.78 Å². The monoisotopic (exact) mass is 354 g/mol. The van der Waals surface area contributed by atoms with E-state index in [4.69, 9.17) is 0 Å². The summed E-state index contributed by atoms with van der Waals surface area (Å²) >= 11 is 0. The van der Waals surface area contributed by atoms with Crippen LogP contribution in [0.25, 0.3) is 5.57 Å². The van der Waals surface area contributed by atoms with Crippen molar-refractivity contribution in [2.24, 2.45) is 0 Å². The number of phenolic OH excluding ortho intramolecular Hbond substituents is 1. The molecule has 26 heavy (non-hydrogen) atoms. The molecule has 0 aliphatic heterocycles. The van der Waals surface area contributed by atoms with Gasteiger partial charge < -0.3 is 5.11 Å². The van der Waals surface area contributed by atoms with Crippen molar-refractivity contribution in [1.82, 2.24) is 0 Å². The third kappa shape index (κ3) is 7.69. The SMILES string of the molecule is C=C(C)c1ccccc1O.CC.CCCc1ccc(C(C)=O)cc1CC. The normalized spacial score (nSPS) is 9.31. The van der Waals surface area contributed by atoms with Gasteiger partial charge in [0.05, 0.1) is 0 Å². The van der Waals surface area contributed by atoms with Crippen molar-refractivity contribution in [2.75, 3.05) is 0 Å². The molecule has 0 aliphatic carbocycles. The summed E-state index contributed by atoms with van der Waals surface area (Å²) in [6.07, 6.45) is 3.28. The van der Waals surface area contributed by atoms with Crippen LogP contribution in [-0.2, 0) is 12.8 Å². The van der Waals surface area contributed by atoms with Gasteiger partial charge >= 0.3 is 0 Å². The lowest BCUT2D eigenvalue weighted by molar-refractivity contribution is 0.101. The first-order valence-electron chi connectivity index (χ1n) is 9.47. The van der Waals surface area contributed by atoms with Crippen LogP contribution in [0.3, 0.4) is 0 Å². The van der Waals surface area contributed by atoms with Crippen LogP contribution in [0.4, 0.5) is 0 Å². The number of hydrogen-bond acceptors (Lipinski definition) is 2. The standard InChI is InChI=1S/C13H18O.C9H10O.C2H6/c1-4-6-12-7-8-13(10(3)14)9-11(12)5-2;1-7(2)8-5-3-4-6-9(8)10;1-2/h7-9H,4-6H2,1-3H3;3-6,10H,1H2,2H3;1-2H3. The maximum Gasteiger partial charge on any atom is 0.159 e. The Bertz CT molecular complexity index is 699. The fourth-order valence-electron chi connectivity index (χ4n) is 2.52. The Morgan fingerprint density at radius 1 is 1.00 bits per heavy atom. The highest BCUT2D eigenvalue weighted by molar-refractivity contribution is 5.94. The van der Waals surface area contributed by atoms with Gasteiger partial charge in [-0.2, -0.15) is 0 Å². The topological polar surface area (TPSA) is 37.3 Å². The van der Waals surface area contributed by atoms with Crippen molar-refractivity contribution in [2.45, 2.75) is 60.8 Å². The van der Waals surface area contributed by atoms with Crippen LogP contribution in [0.2, 0.25) is 0 Å². The quantitative estimate of drug-likeness (QED) is 0.596. The van der Waals surface area contributed by atoms with Crippen molar-refractivity contribution < 1.29 is 9.90 Å². The van der Waals surface area contributed by atoms with Crippen LogP contribution in [-0.4, -0.2) is 10.9 Å². The number of para-hydroxylation sites is 1. The third-order valence-electron chi connectivity index (χ3n) is 3.88. The van der Waals surface area contributed by atoms with Crippen LogP contribution in [0.1, 0.15) is 75.0 Å². The number of benzene rings is 2. The van der Waals surface area contributed by atoms with E-state index in [0.717, 1.165) is 36.0 Å². The number of allylic oxidation sites excluding steroid dienone is 1. The van der Waals surface area contributed by atoms with Crippen LogP contribution in [0.15, 0.2) is 49.0 Å². The highest BCUT2D eigenvalue weighted by Crippen LogP contribution is 2.22. The van der Waals surface area contributed by atoms with Gasteiger partial charge in [-0.25, -0.2) is 0 Å². The zero-order valence-electron chi connectivity index (χ0n) is 17.2. The molecule has 2 rings (SSSR count). The van der Waals surface area contributed by atoms with E-state index in [2.05, 4.69) is 26.5 Å². The molecule has 0 atom stereocenters. The molecule has 0 amide bonds. The zero-order valence-corrected chi connectivity index (χ0v) is 17.2. The number of phenols is 1. The van der Waals surface area contributed by atoms with Gasteiger partial charge in [-0.3, -0.25) is 4.79 Å². The summed E-state index contributed by atoms with van der Waals surface area (Å²) in [7, 11) is 0. The van der Waals surface area contributed by atoms with Gasteiger partial charge in [0, 0.05) is 11.1 Å². The van der Waals surface area contributed by atoms with E-state index < -0.39 is 0 Å². The molecule has 0 radical (unpaired) electrons. The van der Waals surface area contributed by atoms with Gasteiger partial charge in [-0.05, 0) is 55.5 Å². The molecule has 1 N–H and O–H groups in total. The lowest BCUT2D eigenvalue weighted by Crippen LogP contribution is -1.98. The molecular formula is C24H34O2. The number of aromatic hydroxyl groups is 1. The van der Waals surface area contributed by atoms with Crippen LogP contribution >= 0.6 is 0 Å². The molecule has 0 heterocycles. The first-order chi connectivity index (χ1) is 12.4. The van der Waals surface area contributed by atoms with E-state index in [1.54, 1.807) is 19.1 Å². The number of carbonyl (C=O) groups excluding carboxylic acids is 1. The lowest BCUT2D eigenvalue weighted by atomic mass is 9.97. The molecule has 0 spiro atoms. The Morgan fingerprint density at radius 2 is 1.62 bits per heavy atom. The number of aryl methyl sites for hydroxylation is 2. The highest BCUT2D eigenvalue weighted by atomic mass is 16.3. The maximum atomic E-state index is 11.2. The fraction of sp³-hybridized carbons (Fsp3) is 0.375. The van der Waals surface area contributed by atoms with Gasteiger partial charge in [-0.1, -0.05) is 71.0 Å². The fourth-order valence-corrected chi connectivity index (χ4v) is 2.52. The molecule has 2 aromatic carbocycles. The predicted molar refractivity (Wildman–Crippen MR) is 114 cm³/mol. The number of ketones is 1. The summed E-state index contributed by atoms with van der Waals surface area (Å²) in [6.45, 7) is 15.5. The first kappa shape index (κ1) is 23.6. The number of Topliss-reactive ketones (excluding diaryl/α,β-unsaturated/α-hetero) is 1. The molecule has 2 nitrogen and oxygen atoms in total. The third-order valence-corrected chi connectivity index (χ3v) is 3.88. The Labute approximate surface area is 159 Å². The average Bonchev–Trinajstić information content (AvgIpc) is 2.64. The van der Waals surface area contributed by atoms with Crippen LogP contribution in [0.5, 0.6) is 5.75 Å². The average molecular weight is 355 g/mol. The summed E-state index contributed by atoms with van der Waals surface area (Å²) < 4.78 is 0. The summed E-state index contributed by atoms with van der Waals surface area (Å²) in [5, 5.41) is 9.22. The zero-order chi connectivity index (χ0) is 20.1. The molecule has 2 heteroatoms. The molecule has 2 aromatic rings. The molecule has 0 aromatic heterocycles. The first-order valence-corrected chi connectivity index (χ1v) is 9.47. The van der Waals surface area contributed by atoms with Gasteiger partial charge in [0.2, 0.25) is 0 Å². The molecule has 142 valence electrons. The molecule has 0 unspecified atom stereocenters. The van der Waals surface area contributed by atoms with Crippen LogP contribution in [0, 0.1) is 0 Å². The van der Waals surface area contributed by atoms with Crippen molar-refractivity contribution in [1.29, 1.82) is 0 Å².